The van der Waals surface area contributed by atoms with Crippen LogP contribution in [0.1, 0.15) is 22.5 Å². The molecule has 34 heavy (non-hydrogen) atoms. The fourth-order valence-electron chi connectivity index (χ4n) is 3.14. The summed E-state index contributed by atoms with van der Waals surface area (Å²) in [6.07, 6.45) is 4.79. The fraction of sp³-hybridized carbons (Fsp3) is 0.200. The molecule has 3 aromatic rings. The van der Waals surface area contributed by atoms with E-state index in [0.29, 0.717) is 22.5 Å². The molecule has 2 N–H and O–H groups in total. The first-order valence-corrected chi connectivity index (χ1v) is 12.0. The Morgan fingerprint density at radius 1 is 1.18 bits per heavy atom. The molecule has 0 aliphatic carbocycles. The Balaban J connectivity index is 1.58. The number of halogens is 1. The second-order valence-corrected chi connectivity index (χ2v) is 8.88. The topological polar surface area (TPSA) is 88.9 Å². The van der Waals surface area contributed by atoms with E-state index in [4.69, 9.17) is 11.6 Å². The van der Waals surface area contributed by atoms with Crippen LogP contribution in [0.5, 0.6) is 0 Å². The standard InChI is InChI=1S/C25H26ClN5O2S/c1-4-13-31-22(15-27-23(32)12-10-19-7-5-6-8-20(19)26)29-30-25(31)34-16-24(33)28-21-11-9-17(2)14-18(21)3/h4-12,14H,1,13,15-16H2,2-3H3,(H,27,32)(H,28,33). The highest BCUT2D eigenvalue weighted by atomic mass is 35.5. The monoisotopic (exact) mass is 495 g/mol. The molecule has 0 aliphatic rings. The summed E-state index contributed by atoms with van der Waals surface area (Å²) in [6, 6.07) is 13.1. The predicted octanol–water partition coefficient (Wildman–Crippen LogP) is 4.79. The van der Waals surface area contributed by atoms with Crippen molar-refractivity contribution in [1.82, 2.24) is 20.1 Å². The number of amides is 2. The Morgan fingerprint density at radius 2 is 1.97 bits per heavy atom. The van der Waals surface area contributed by atoms with Crippen molar-refractivity contribution >= 4 is 46.9 Å². The van der Waals surface area contributed by atoms with Crippen LogP contribution in [0.25, 0.3) is 6.08 Å². The van der Waals surface area contributed by atoms with Gasteiger partial charge >= 0.3 is 0 Å². The van der Waals surface area contributed by atoms with E-state index in [1.54, 1.807) is 18.2 Å². The minimum atomic E-state index is -0.282. The third-order valence-electron chi connectivity index (χ3n) is 4.83. The minimum absolute atomic E-state index is 0.135. The van der Waals surface area contributed by atoms with Crippen LogP contribution in [0, 0.1) is 13.8 Å². The summed E-state index contributed by atoms with van der Waals surface area (Å²) in [6.45, 7) is 8.38. The van der Waals surface area contributed by atoms with Gasteiger partial charge < -0.3 is 15.2 Å². The number of nitrogens with zero attached hydrogens (tertiary/aromatic N) is 3. The number of benzene rings is 2. The lowest BCUT2D eigenvalue weighted by atomic mass is 10.1. The number of allylic oxidation sites excluding steroid dienone is 1. The van der Waals surface area contributed by atoms with E-state index in [0.717, 1.165) is 22.4 Å². The lowest BCUT2D eigenvalue weighted by molar-refractivity contribution is -0.116. The highest BCUT2D eigenvalue weighted by Gasteiger charge is 2.14. The molecule has 0 radical (unpaired) electrons. The zero-order valence-corrected chi connectivity index (χ0v) is 20.6. The number of carbonyl (C=O) groups is 2. The molecule has 0 fully saturated rings. The number of thioether (sulfide) groups is 1. The molecule has 0 saturated heterocycles. The van der Waals surface area contributed by atoms with Gasteiger partial charge in [0.1, 0.15) is 0 Å². The molecule has 0 spiro atoms. The molecular weight excluding hydrogens is 470 g/mol. The zero-order valence-electron chi connectivity index (χ0n) is 19.0. The van der Waals surface area contributed by atoms with Crippen molar-refractivity contribution in [1.29, 1.82) is 0 Å². The maximum Gasteiger partial charge on any atom is 0.244 e. The normalized spacial score (nSPS) is 10.9. The summed E-state index contributed by atoms with van der Waals surface area (Å²) < 4.78 is 1.82. The first-order valence-electron chi connectivity index (χ1n) is 10.6. The molecule has 0 unspecified atom stereocenters. The molecular formula is C25H26ClN5O2S. The molecule has 0 atom stereocenters. The van der Waals surface area contributed by atoms with Crippen LogP contribution in [0.2, 0.25) is 5.02 Å². The maximum atomic E-state index is 12.4. The molecule has 1 aromatic heterocycles. The fourth-order valence-corrected chi connectivity index (χ4v) is 4.11. The lowest BCUT2D eigenvalue weighted by Crippen LogP contribution is -2.23. The maximum absolute atomic E-state index is 12.4. The average Bonchev–Trinajstić information content (AvgIpc) is 3.19. The molecule has 2 amide bonds. The van der Waals surface area contributed by atoms with Crippen LogP contribution in [0.3, 0.4) is 0 Å². The largest absolute Gasteiger partial charge is 0.345 e. The molecule has 0 saturated carbocycles. The number of carbonyl (C=O) groups excluding carboxylic acids is 2. The number of aryl methyl sites for hydroxylation is 2. The quantitative estimate of drug-likeness (QED) is 0.240. The first kappa shape index (κ1) is 25.3. The molecule has 0 bridgehead atoms. The van der Waals surface area contributed by atoms with Crippen LogP contribution in [-0.4, -0.2) is 32.3 Å². The Morgan fingerprint density at radius 3 is 2.71 bits per heavy atom. The smallest absolute Gasteiger partial charge is 0.244 e. The van der Waals surface area contributed by atoms with Gasteiger partial charge in [-0.25, -0.2) is 0 Å². The van der Waals surface area contributed by atoms with Gasteiger partial charge in [0.2, 0.25) is 11.8 Å². The van der Waals surface area contributed by atoms with E-state index in [2.05, 4.69) is 27.4 Å². The first-order chi connectivity index (χ1) is 16.4. The Hall–Kier alpha value is -3.36. The van der Waals surface area contributed by atoms with Crippen LogP contribution >= 0.6 is 23.4 Å². The van der Waals surface area contributed by atoms with Gasteiger partial charge in [-0.05, 0) is 43.2 Å². The van der Waals surface area contributed by atoms with Gasteiger partial charge in [-0.15, -0.1) is 16.8 Å². The van der Waals surface area contributed by atoms with E-state index in [9.17, 15) is 9.59 Å². The number of nitrogens with one attached hydrogen (secondary N) is 2. The van der Waals surface area contributed by atoms with Crippen molar-refractivity contribution in [3.63, 3.8) is 0 Å². The summed E-state index contributed by atoms with van der Waals surface area (Å²) in [5.74, 6) is 0.326. The van der Waals surface area contributed by atoms with Gasteiger partial charge in [0, 0.05) is 23.3 Å². The third kappa shape index (κ3) is 7.07. The van der Waals surface area contributed by atoms with Gasteiger partial charge in [-0.1, -0.05) is 65.3 Å². The molecule has 1 heterocycles. The Labute approximate surface area is 208 Å². The van der Waals surface area contributed by atoms with E-state index < -0.39 is 0 Å². The highest BCUT2D eigenvalue weighted by molar-refractivity contribution is 7.99. The van der Waals surface area contributed by atoms with Crippen LogP contribution < -0.4 is 10.6 Å². The van der Waals surface area contributed by atoms with Gasteiger partial charge in [0.15, 0.2) is 11.0 Å². The van der Waals surface area contributed by atoms with E-state index in [1.165, 1.54) is 17.8 Å². The van der Waals surface area contributed by atoms with E-state index in [-0.39, 0.29) is 24.1 Å². The second-order valence-electron chi connectivity index (χ2n) is 7.53. The van der Waals surface area contributed by atoms with Crippen molar-refractivity contribution in [3.8, 4) is 0 Å². The van der Waals surface area contributed by atoms with Gasteiger partial charge in [-0.2, -0.15) is 0 Å². The van der Waals surface area contributed by atoms with Crippen molar-refractivity contribution < 1.29 is 9.59 Å². The summed E-state index contributed by atoms with van der Waals surface area (Å²) in [5, 5.41) is 15.2. The summed E-state index contributed by atoms with van der Waals surface area (Å²) in [5.41, 5.74) is 3.69. The molecule has 176 valence electrons. The molecule has 7 nitrogen and oxygen atoms in total. The van der Waals surface area contributed by atoms with Gasteiger partial charge in [0.05, 0.1) is 12.3 Å². The Bertz CT molecular complexity index is 1220. The van der Waals surface area contributed by atoms with Crippen molar-refractivity contribution in [3.05, 3.63) is 88.7 Å². The van der Waals surface area contributed by atoms with Crippen molar-refractivity contribution in [2.75, 3.05) is 11.1 Å². The predicted molar refractivity (Wildman–Crippen MR) is 138 cm³/mol. The Kier molecular flexibility index (Phi) is 9.07. The van der Waals surface area contributed by atoms with E-state index in [1.807, 2.05) is 54.8 Å². The minimum Gasteiger partial charge on any atom is -0.345 e. The number of hydrogen-bond acceptors (Lipinski definition) is 5. The molecule has 3 rings (SSSR count). The van der Waals surface area contributed by atoms with Crippen LogP contribution in [0.4, 0.5) is 5.69 Å². The second kappa shape index (κ2) is 12.2. The average molecular weight is 496 g/mol. The number of aromatic nitrogens is 3. The molecule has 2 aromatic carbocycles. The SMILES string of the molecule is C=CCn1c(CNC(=O)C=Cc2ccccc2Cl)nnc1SCC(=O)Nc1ccc(C)cc1C. The number of hydrogen-bond donors (Lipinski definition) is 2. The summed E-state index contributed by atoms with van der Waals surface area (Å²) in [4.78, 5) is 24.7. The van der Waals surface area contributed by atoms with E-state index >= 15 is 0 Å². The third-order valence-corrected chi connectivity index (χ3v) is 6.14. The highest BCUT2D eigenvalue weighted by Crippen LogP contribution is 2.20. The molecule has 9 heteroatoms. The van der Waals surface area contributed by atoms with Crippen molar-refractivity contribution in [2.24, 2.45) is 0 Å². The number of anilines is 1. The summed E-state index contributed by atoms with van der Waals surface area (Å²) in [7, 11) is 0. The summed E-state index contributed by atoms with van der Waals surface area (Å²) >= 11 is 7.38. The van der Waals surface area contributed by atoms with Gasteiger partial charge in [0.25, 0.3) is 0 Å². The van der Waals surface area contributed by atoms with Crippen LogP contribution in [0.15, 0.2) is 66.4 Å². The lowest BCUT2D eigenvalue weighted by Gasteiger charge is -2.10. The van der Waals surface area contributed by atoms with Gasteiger partial charge in [-0.3, -0.25) is 9.59 Å². The number of rotatable bonds is 10. The zero-order chi connectivity index (χ0) is 24.5. The van der Waals surface area contributed by atoms with Crippen LogP contribution in [-0.2, 0) is 22.7 Å². The molecule has 0 aliphatic heterocycles. The van der Waals surface area contributed by atoms with Crippen molar-refractivity contribution in [2.45, 2.75) is 32.1 Å².